The molecular weight excluding hydrogens is 239 g/mol. The van der Waals surface area contributed by atoms with E-state index in [0.29, 0.717) is 18.0 Å². The van der Waals surface area contributed by atoms with Gasteiger partial charge in [-0.2, -0.15) is 0 Å². The van der Waals surface area contributed by atoms with E-state index in [0.717, 1.165) is 25.2 Å². The second kappa shape index (κ2) is 6.38. The van der Waals surface area contributed by atoms with Crippen molar-refractivity contribution >= 4 is 5.69 Å². The zero-order valence-corrected chi connectivity index (χ0v) is 12.2. The van der Waals surface area contributed by atoms with E-state index < -0.39 is 0 Å². The van der Waals surface area contributed by atoms with Crippen LogP contribution in [0.15, 0.2) is 24.3 Å². The SMILES string of the molecule is CCC1CNC(CC(C)C)CN1c1cccc(F)c1. The molecule has 0 aromatic heterocycles. The fourth-order valence-electron chi connectivity index (χ4n) is 2.93. The highest BCUT2D eigenvalue weighted by Crippen LogP contribution is 2.23. The Morgan fingerprint density at radius 3 is 2.84 bits per heavy atom. The van der Waals surface area contributed by atoms with Crippen LogP contribution in [0, 0.1) is 11.7 Å². The normalized spacial score (nSPS) is 23.9. The summed E-state index contributed by atoms with van der Waals surface area (Å²) in [6.45, 7) is 8.66. The fourth-order valence-corrected chi connectivity index (χ4v) is 2.93. The van der Waals surface area contributed by atoms with Gasteiger partial charge in [-0.25, -0.2) is 4.39 Å². The van der Waals surface area contributed by atoms with E-state index in [9.17, 15) is 4.39 Å². The van der Waals surface area contributed by atoms with Gasteiger partial charge in [-0.1, -0.05) is 26.8 Å². The highest BCUT2D eigenvalue weighted by Gasteiger charge is 2.27. The second-order valence-corrected chi connectivity index (χ2v) is 5.93. The minimum atomic E-state index is -0.147. The Hall–Kier alpha value is -1.09. The number of piperazine rings is 1. The number of benzene rings is 1. The topological polar surface area (TPSA) is 15.3 Å². The molecule has 1 fully saturated rings. The Bertz CT molecular complexity index is 405. The average Bonchev–Trinajstić information content (AvgIpc) is 2.38. The number of hydrogen-bond acceptors (Lipinski definition) is 2. The summed E-state index contributed by atoms with van der Waals surface area (Å²) in [5.74, 6) is 0.538. The first-order chi connectivity index (χ1) is 9.10. The van der Waals surface area contributed by atoms with Crippen LogP contribution in [0.2, 0.25) is 0 Å². The maximum absolute atomic E-state index is 13.4. The highest BCUT2D eigenvalue weighted by molar-refractivity contribution is 5.48. The minimum Gasteiger partial charge on any atom is -0.366 e. The molecule has 2 atom stereocenters. The number of nitrogens with one attached hydrogen (secondary N) is 1. The zero-order chi connectivity index (χ0) is 13.8. The number of anilines is 1. The van der Waals surface area contributed by atoms with Crippen LogP contribution in [0.1, 0.15) is 33.6 Å². The molecule has 2 rings (SSSR count). The van der Waals surface area contributed by atoms with Crippen molar-refractivity contribution in [1.82, 2.24) is 5.32 Å². The lowest BCUT2D eigenvalue weighted by molar-refractivity contribution is 0.343. The van der Waals surface area contributed by atoms with Gasteiger partial charge < -0.3 is 10.2 Å². The third kappa shape index (κ3) is 3.69. The Kier molecular flexibility index (Phi) is 4.81. The van der Waals surface area contributed by atoms with Crippen LogP contribution >= 0.6 is 0 Å². The van der Waals surface area contributed by atoms with Gasteiger partial charge in [-0.3, -0.25) is 0 Å². The molecule has 2 unspecified atom stereocenters. The van der Waals surface area contributed by atoms with Crippen molar-refractivity contribution in [2.24, 2.45) is 5.92 Å². The van der Waals surface area contributed by atoms with E-state index in [-0.39, 0.29) is 5.82 Å². The van der Waals surface area contributed by atoms with E-state index in [1.807, 2.05) is 6.07 Å². The van der Waals surface area contributed by atoms with Crippen molar-refractivity contribution in [3.05, 3.63) is 30.1 Å². The largest absolute Gasteiger partial charge is 0.366 e. The molecule has 106 valence electrons. The molecule has 1 heterocycles. The summed E-state index contributed by atoms with van der Waals surface area (Å²) in [5.41, 5.74) is 1.02. The summed E-state index contributed by atoms with van der Waals surface area (Å²) in [5, 5.41) is 3.63. The van der Waals surface area contributed by atoms with Gasteiger partial charge in [0.2, 0.25) is 0 Å². The Labute approximate surface area is 116 Å². The quantitative estimate of drug-likeness (QED) is 0.896. The maximum atomic E-state index is 13.4. The molecule has 0 spiro atoms. The van der Waals surface area contributed by atoms with Gasteiger partial charge in [0.25, 0.3) is 0 Å². The summed E-state index contributed by atoms with van der Waals surface area (Å²) in [7, 11) is 0. The van der Waals surface area contributed by atoms with Crippen molar-refractivity contribution in [1.29, 1.82) is 0 Å². The lowest BCUT2D eigenvalue weighted by atomic mass is 9.98. The Morgan fingerprint density at radius 2 is 2.21 bits per heavy atom. The first-order valence-electron chi connectivity index (χ1n) is 7.35. The van der Waals surface area contributed by atoms with E-state index in [4.69, 9.17) is 0 Å². The molecule has 0 bridgehead atoms. The first kappa shape index (κ1) is 14.3. The van der Waals surface area contributed by atoms with Crippen molar-refractivity contribution < 1.29 is 4.39 Å². The lowest BCUT2D eigenvalue weighted by Crippen LogP contribution is -2.56. The molecule has 1 aliphatic rings. The molecule has 1 aliphatic heterocycles. The fraction of sp³-hybridized carbons (Fsp3) is 0.625. The van der Waals surface area contributed by atoms with E-state index >= 15 is 0 Å². The van der Waals surface area contributed by atoms with Crippen molar-refractivity contribution in [2.45, 2.75) is 45.7 Å². The molecule has 0 aliphatic carbocycles. The molecule has 0 saturated carbocycles. The van der Waals surface area contributed by atoms with Gasteiger partial charge in [0, 0.05) is 30.9 Å². The van der Waals surface area contributed by atoms with Crippen LogP contribution in [-0.2, 0) is 0 Å². The predicted octanol–water partition coefficient (Wildman–Crippen LogP) is 3.43. The summed E-state index contributed by atoms with van der Waals surface area (Å²) in [6.07, 6.45) is 2.25. The van der Waals surface area contributed by atoms with Crippen LogP contribution in [-0.4, -0.2) is 25.2 Å². The third-order valence-electron chi connectivity index (χ3n) is 3.87. The molecule has 1 N–H and O–H groups in total. The monoisotopic (exact) mass is 264 g/mol. The summed E-state index contributed by atoms with van der Waals surface area (Å²) in [4.78, 5) is 2.37. The van der Waals surface area contributed by atoms with E-state index in [2.05, 4.69) is 31.0 Å². The third-order valence-corrected chi connectivity index (χ3v) is 3.87. The number of rotatable bonds is 4. The first-order valence-corrected chi connectivity index (χ1v) is 7.35. The van der Waals surface area contributed by atoms with Crippen molar-refractivity contribution in [3.63, 3.8) is 0 Å². The van der Waals surface area contributed by atoms with Gasteiger partial charge in [-0.05, 0) is 37.0 Å². The van der Waals surface area contributed by atoms with Crippen LogP contribution in [0.4, 0.5) is 10.1 Å². The molecule has 2 nitrogen and oxygen atoms in total. The highest BCUT2D eigenvalue weighted by atomic mass is 19.1. The van der Waals surface area contributed by atoms with Gasteiger partial charge in [0.1, 0.15) is 5.82 Å². The zero-order valence-electron chi connectivity index (χ0n) is 12.2. The lowest BCUT2D eigenvalue weighted by Gasteiger charge is -2.42. The Balaban J connectivity index is 2.13. The summed E-state index contributed by atoms with van der Waals surface area (Å²) in [6, 6.07) is 7.95. The van der Waals surface area contributed by atoms with Crippen LogP contribution < -0.4 is 10.2 Å². The second-order valence-electron chi connectivity index (χ2n) is 5.93. The predicted molar refractivity (Wildman–Crippen MR) is 79.1 cm³/mol. The standard InChI is InChI=1S/C16H25FN2/c1-4-15-10-18-14(8-12(2)3)11-19(15)16-7-5-6-13(17)9-16/h5-7,9,12,14-15,18H,4,8,10-11H2,1-3H3. The van der Waals surface area contributed by atoms with Crippen LogP contribution in [0.3, 0.4) is 0 Å². The van der Waals surface area contributed by atoms with Crippen LogP contribution in [0.25, 0.3) is 0 Å². The molecule has 1 saturated heterocycles. The number of nitrogens with zero attached hydrogens (tertiary/aromatic N) is 1. The van der Waals surface area contributed by atoms with E-state index in [1.165, 1.54) is 12.5 Å². The summed E-state index contributed by atoms with van der Waals surface area (Å²) < 4.78 is 13.4. The molecule has 1 aromatic rings. The summed E-state index contributed by atoms with van der Waals surface area (Å²) >= 11 is 0. The van der Waals surface area contributed by atoms with Gasteiger partial charge in [0.05, 0.1) is 0 Å². The average molecular weight is 264 g/mol. The smallest absolute Gasteiger partial charge is 0.125 e. The molecule has 0 amide bonds. The Morgan fingerprint density at radius 1 is 1.42 bits per heavy atom. The van der Waals surface area contributed by atoms with Crippen LogP contribution in [0.5, 0.6) is 0 Å². The van der Waals surface area contributed by atoms with Gasteiger partial charge in [-0.15, -0.1) is 0 Å². The van der Waals surface area contributed by atoms with Crippen molar-refractivity contribution in [2.75, 3.05) is 18.0 Å². The van der Waals surface area contributed by atoms with Gasteiger partial charge in [0.15, 0.2) is 0 Å². The molecule has 3 heteroatoms. The van der Waals surface area contributed by atoms with Gasteiger partial charge >= 0.3 is 0 Å². The molecule has 1 aromatic carbocycles. The maximum Gasteiger partial charge on any atom is 0.125 e. The minimum absolute atomic E-state index is 0.147. The molecular formula is C16H25FN2. The molecule has 0 radical (unpaired) electrons. The van der Waals surface area contributed by atoms with E-state index in [1.54, 1.807) is 12.1 Å². The number of hydrogen-bond donors (Lipinski definition) is 1. The van der Waals surface area contributed by atoms with Crippen molar-refractivity contribution in [3.8, 4) is 0 Å². The number of halogens is 1. The molecule has 19 heavy (non-hydrogen) atoms.